The molecule has 3 aromatic rings. The fourth-order valence-electron chi connectivity index (χ4n) is 3.02. The van der Waals surface area contributed by atoms with Crippen LogP contribution in [0.15, 0.2) is 65.1 Å². The molecular weight excluding hydrogens is 504 g/mol. The van der Waals surface area contributed by atoms with Gasteiger partial charge in [0.15, 0.2) is 11.5 Å². The minimum Gasteiger partial charge on any atom is -0.490 e. The highest BCUT2D eigenvalue weighted by Gasteiger charge is 2.12. The van der Waals surface area contributed by atoms with Crippen LogP contribution in [-0.4, -0.2) is 12.5 Å². The summed E-state index contributed by atoms with van der Waals surface area (Å²) in [6.45, 7) is 7.14. The maximum atomic E-state index is 11.8. The maximum absolute atomic E-state index is 11.8. The van der Waals surface area contributed by atoms with Gasteiger partial charge in [-0.05, 0) is 55.0 Å². The first-order valence-electron chi connectivity index (χ1n) is 10.8. The van der Waals surface area contributed by atoms with Crippen molar-refractivity contribution in [2.24, 2.45) is 5.92 Å². The molecule has 0 aliphatic heterocycles. The van der Waals surface area contributed by atoms with Crippen LogP contribution in [0.5, 0.6) is 11.5 Å². The minimum absolute atomic E-state index is 0.0000578. The standard InChI is InChI=1S/C26H28BrClN2O3/c1-4-32-24-13-19(15-29-20-9-11-21(12-10-20)30-26(31)17(2)3)22(27)14-25(24)33-16-18-7-5-6-8-23(18)28/h5-14,17,29H,4,15-16H2,1-3H3,(H,30,31). The molecule has 0 saturated carbocycles. The molecule has 0 saturated heterocycles. The van der Waals surface area contributed by atoms with Crippen molar-refractivity contribution in [3.63, 3.8) is 0 Å². The summed E-state index contributed by atoms with van der Waals surface area (Å²) in [5.74, 6) is 1.27. The first-order chi connectivity index (χ1) is 15.9. The highest BCUT2D eigenvalue weighted by Crippen LogP contribution is 2.35. The second-order valence-electron chi connectivity index (χ2n) is 7.78. The maximum Gasteiger partial charge on any atom is 0.226 e. The number of nitrogens with one attached hydrogen (secondary N) is 2. The zero-order valence-corrected chi connectivity index (χ0v) is 21.3. The number of carbonyl (C=O) groups is 1. The first-order valence-corrected chi connectivity index (χ1v) is 12.0. The topological polar surface area (TPSA) is 59.6 Å². The molecule has 33 heavy (non-hydrogen) atoms. The number of ether oxygens (including phenoxy) is 2. The zero-order chi connectivity index (χ0) is 23.8. The van der Waals surface area contributed by atoms with E-state index in [-0.39, 0.29) is 11.8 Å². The Bertz CT molecular complexity index is 1090. The van der Waals surface area contributed by atoms with Crippen molar-refractivity contribution in [3.05, 3.63) is 81.3 Å². The van der Waals surface area contributed by atoms with Crippen LogP contribution in [0.4, 0.5) is 11.4 Å². The molecule has 0 aliphatic carbocycles. The average molecular weight is 532 g/mol. The van der Waals surface area contributed by atoms with Gasteiger partial charge in [0, 0.05) is 38.9 Å². The van der Waals surface area contributed by atoms with Gasteiger partial charge in [-0.2, -0.15) is 0 Å². The average Bonchev–Trinajstić information content (AvgIpc) is 2.80. The third kappa shape index (κ3) is 7.14. The normalized spacial score (nSPS) is 10.7. The van der Waals surface area contributed by atoms with Crippen LogP contribution in [-0.2, 0) is 17.9 Å². The Kier molecular flexibility index (Phi) is 9.03. The molecule has 0 bridgehead atoms. The van der Waals surface area contributed by atoms with E-state index in [1.54, 1.807) is 0 Å². The molecular formula is C26H28BrClN2O3. The fourth-order valence-corrected chi connectivity index (χ4v) is 3.67. The van der Waals surface area contributed by atoms with Gasteiger partial charge in [-0.15, -0.1) is 0 Å². The molecule has 3 rings (SSSR count). The summed E-state index contributed by atoms with van der Waals surface area (Å²) in [5.41, 5.74) is 3.66. The molecule has 7 heteroatoms. The Hall–Kier alpha value is -2.70. The number of anilines is 2. The number of halogens is 2. The van der Waals surface area contributed by atoms with Crippen LogP contribution in [0, 0.1) is 5.92 Å². The fraction of sp³-hybridized carbons (Fsp3) is 0.269. The molecule has 0 unspecified atom stereocenters. The quantitative estimate of drug-likeness (QED) is 0.288. The van der Waals surface area contributed by atoms with Gasteiger partial charge in [-0.25, -0.2) is 0 Å². The van der Waals surface area contributed by atoms with Crippen LogP contribution in [0.3, 0.4) is 0 Å². The number of benzene rings is 3. The lowest BCUT2D eigenvalue weighted by atomic mass is 10.1. The van der Waals surface area contributed by atoms with Crippen molar-refractivity contribution in [1.29, 1.82) is 0 Å². The predicted octanol–water partition coefficient (Wildman–Crippen LogP) is 7.29. The Morgan fingerprint density at radius 3 is 2.30 bits per heavy atom. The Labute approximate surface area is 208 Å². The van der Waals surface area contributed by atoms with Crippen molar-refractivity contribution in [3.8, 4) is 11.5 Å². The summed E-state index contributed by atoms with van der Waals surface area (Å²) in [6.07, 6.45) is 0. The summed E-state index contributed by atoms with van der Waals surface area (Å²) in [6, 6.07) is 19.2. The van der Waals surface area contributed by atoms with Gasteiger partial charge in [-0.3, -0.25) is 4.79 Å². The second kappa shape index (κ2) is 12.0. The SMILES string of the molecule is CCOc1cc(CNc2ccc(NC(=O)C(C)C)cc2)c(Br)cc1OCc1ccccc1Cl. The van der Waals surface area contributed by atoms with E-state index in [1.807, 2.05) is 81.4 Å². The molecule has 0 fully saturated rings. The third-order valence-electron chi connectivity index (χ3n) is 4.91. The van der Waals surface area contributed by atoms with Crippen LogP contribution in [0.2, 0.25) is 5.02 Å². The predicted molar refractivity (Wildman–Crippen MR) is 138 cm³/mol. The number of hydrogen-bond acceptors (Lipinski definition) is 4. The highest BCUT2D eigenvalue weighted by atomic mass is 79.9. The van der Waals surface area contributed by atoms with E-state index in [4.69, 9.17) is 21.1 Å². The van der Waals surface area contributed by atoms with Gasteiger partial charge in [0.2, 0.25) is 5.91 Å². The summed E-state index contributed by atoms with van der Waals surface area (Å²) >= 11 is 9.90. The summed E-state index contributed by atoms with van der Waals surface area (Å²) in [5, 5.41) is 6.97. The molecule has 0 aromatic heterocycles. The lowest BCUT2D eigenvalue weighted by Gasteiger charge is -2.16. The van der Waals surface area contributed by atoms with Crippen molar-refractivity contribution in [2.45, 2.75) is 33.9 Å². The molecule has 174 valence electrons. The Morgan fingerprint density at radius 1 is 0.970 bits per heavy atom. The van der Waals surface area contributed by atoms with E-state index in [0.717, 1.165) is 27.0 Å². The summed E-state index contributed by atoms with van der Waals surface area (Å²) < 4.78 is 12.8. The largest absolute Gasteiger partial charge is 0.490 e. The number of amides is 1. The molecule has 5 nitrogen and oxygen atoms in total. The van der Waals surface area contributed by atoms with Gasteiger partial charge in [0.05, 0.1) is 6.61 Å². The number of carbonyl (C=O) groups excluding carboxylic acids is 1. The van der Waals surface area contributed by atoms with Gasteiger partial charge >= 0.3 is 0 Å². The van der Waals surface area contributed by atoms with Crippen LogP contribution < -0.4 is 20.1 Å². The van der Waals surface area contributed by atoms with Crippen LogP contribution >= 0.6 is 27.5 Å². The van der Waals surface area contributed by atoms with Crippen molar-refractivity contribution < 1.29 is 14.3 Å². The molecule has 0 spiro atoms. The van der Waals surface area contributed by atoms with E-state index in [0.29, 0.717) is 36.3 Å². The second-order valence-corrected chi connectivity index (χ2v) is 9.04. The molecule has 0 radical (unpaired) electrons. The zero-order valence-electron chi connectivity index (χ0n) is 19.0. The summed E-state index contributed by atoms with van der Waals surface area (Å²) in [4.78, 5) is 11.8. The minimum atomic E-state index is -0.0590. The van der Waals surface area contributed by atoms with E-state index in [9.17, 15) is 4.79 Å². The highest BCUT2D eigenvalue weighted by molar-refractivity contribution is 9.10. The smallest absolute Gasteiger partial charge is 0.226 e. The Morgan fingerprint density at radius 2 is 1.64 bits per heavy atom. The van der Waals surface area contributed by atoms with Crippen molar-refractivity contribution in [1.82, 2.24) is 0 Å². The van der Waals surface area contributed by atoms with Crippen LogP contribution in [0.25, 0.3) is 0 Å². The van der Waals surface area contributed by atoms with E-state index in [2.05, 4.69) is 26.6 Å². The van der Waals surface area contributed by atoms with Gasteiger partial charge in [0.25, 0.3) is 0 Å². The molecule has 1 amide bonds. The third-order valence-corrected chi connectivity index (χ3v) is 6.02. The van der Waals surface area contributed by atoms with Gasteiger partial charge in [-0.1, -0.05) is 59.6 Å². The van der Waals surface area contributed by atoms with Crippen molar-refractivity contribution in [2.75, 3.05) is 17.2 Å². The number of rotatable bonds is 10. The summed E-state index contributed by atoms with van der Waals surface area (Å²) in [7, 11) is 0. The van der Waals surface area contributed by atoms with Gasteiger partial charge < -0.3 is 20.1 Å². The molecule has 3 aromatic carbocycles. The van der Waals surface area contributed by atoms with Crippen molar-refractivity contribution >= 4 is 44.8 Å². The van der Waals surface area contributed by atoms with Gasteiger partial charge in [0.1, 0.15) is 6.61 Å². The number of hydrogen-bond donors (Lipinski definition) is 2. The molecule has 0 atom stereocenters. The molecule has 0 aliphatic rings. The monoisotopic (exact) mass is 530 g/mol. The molecule has 2 N–H and O–H groups in total. The Balaban J connectivity index is 1.67. The van der Waals surface area contributed by atoms with E-state index >= 15 is 0 Å². The van der Waals surface area contributed by atoms with E-state index in [1.165, 1.54) is 0 Å². The lowest BCUT2D eigenvalue weighted by Crippen LogP contribution is -2.17. The van der Waals surface area contributed by atoms with Crippen LogP contribution in [0.1, 0.15) is 31.9 Å². The molecule has 0 heterocycles. The van der Waals surface area contributed by atoms with E-state index < -0.39 is 0 Å². The lowest BCUT2D eigenvalue weighted by molar-refractivity contribution is -0.118. The first kappa shape index (κ1) is 24.9.